The number of aromatic nitrogens is 1. The number of amides is 3. The fourth-order valence-electron chi connectivity index (χ4n) is 3.39. The first-order valence-electron chi connectivity index (χ1n) is 8.83. The summed E-state index contributed by atoms with van der Waals surface area (Å²) in [7, 11) is 0. The third-order valence-electron chi connectivity index (χ3n) is 4.87. The number of urea groups is 1. The molecule has 0 aliphatic carbocycles. The number of rotatable bonds is 5. The average Bonchev–Trinajstić information content (AvgIpc) is 3.28. The fraction of sp³-hybridized carbons (Fsp3) is 0.190. The van der Waals surface area contributed by atoms with E-state index < -0.39 is 11.6 Å². The second kappa shape index (κ2) is 6.72. The van der Waals surface area contributed by atoms with Gasteiger partial charge in [-0.3, -0.25) is 9.69 Å². The first kappa shape index (κ1) is 17.0. The van der Waals surface area contributed by atoms with Crippen LogP contribution in [0, 0.1) is 0 Å². The smallest absolute Gasteiger partial charge is 0.325 e. The Morgan fingerprint density at radius 3 is 2.37 bits per heavy atom. The molecule has 1 saturated heterocycles. The molecule has 0 radical (unpaired) electrons. The van der Waals surface area contributed by atoms with Gasteiger partial charge in [-0.25, -0.2) is 9.78 Å². The molecule has 4 rings (SSSR count). The summed E-state index contributed by atoms with van der Waals surface area (Å²) < 4.78 is 5.51. The lowest BCUT2D eigenvalue weighted by atomic mass is 9.87. The van der Waals surface area contributed by atoms with E-state index in [1.54, 1.807) is 0 Å². The highest BCUT2D eigenvalue weighted by Gasteiger charge is 2.51. The van der Waals surface area contributed by atoms with E-state index in [0.717, 1.165) is 11.1 Å². The van der Waals surface area contributed by atoms with E-state index in [9.17, 15) is 9.59 Å². The molecule has 3 aromatic rings. The number of hydrogen-bond donors (Lipinski definition) is 1. The second-order valence-corrected chi connectivity index (χ2v) is 6.46. The van der Waals surface area contributed by atoms with Gasteiger partial charge in [0, 0.05) is 5.56 Å². The molecule has 6 heteroatoms. The standard InChI is InChI=1S/C21H19N3O3/c1-2-21(16-11-7-4-8-12-16)19(25)24(20(26)23-21)13-17-14-27-18(22-17)15-9-5-3-6-10-15/h3-12,14H,2,13H2,1H3,(H,23,26). The van der Waals surface area contributed by atoms with Crippen LogP contribution in [0.4, 0.5) is 4.79 Å². The van der Waals surface area contributed by atoms with Crippen LogP contribution in [-0.2, 0) is 16.9 Å². The molecule has 1 unspecified atom stereocenters. The van der Waals surface area contributed by atoms with Gasteiger partial charge in [0.2, 0.25) is 5.89 Å². The van der Waals surface area contributed by atoms with Crippen molar-refractivity contribution in [2.75, 3.05) is 0 Å². The minimum Gasteiger partial charge on any atom is -0.444 e. The zero-order chi connectivity index (χ0) is 18.9. The third-order valence-corrected chi connectivity index (χ3v) is 4.87. The quantitative estimate of drug-likeness (QED) is 0.703. The average molecular weight is 361 g/mol. The minimum absolute atomic E-state index is 0.0651. The maximum absolute atomic E-state index is 13.1. The first-order chi connectivity index (χ1) is 13.1. The van der Waals surface area contributed by atoms with Crippen LogP contribution in [0.2, 0.25) is 0 Å². The highest BCUT2D eigenvalue weighted by atomic mass is 16.3. The van der Waals surface area contributed by atoms with Gasteiger partial charge in [-0.05, 0) is 24.1 Å². The number of imide groups is 1. The van der Waals surface area contributed by atoms with Gasteiger partial charge in [0.05, 0.1) is 12.2 Å². The molecule has 1 aromatic heterocycles. The predicted octanol–water partition coefficient (Wildman–Crippen LogP) is 3.70. The van der Waals surface area contributed by atoms with E-state index in [0.29, 0.717) is 18.0 Å². The van der Waals surface area contributed by atoms with Crippen molar-refractivity contribution in [1.82, 2.24) is 15.2 Å². The van der Waals surface area contributed by atoms with Crippen LogP contribution in [0.25, 0.3) is 11.5 Å². The molecule has 1 atom stereocenters. The van der Waals surface area contributed by atoms with Crippen molar-refractivity contribution < 1.29 is 14.0 Å². The van der Waals surface area contributed by atoms with Gasteiger partial charge in [0.25, 0.3) is 5.91 Å². The highest BCUT2D eigenvalue weighted by molar-refractivity contribution is 6.07. The molecule has 1 aliphatic rings. The van der Waals surface area contributed by atoms with Crippen molar-refractivity contribution in [3.63, 3.8) is 0 Å². The number of nitrogens with zero attached hydrogens (tertiary/aromatic N) is 2. The summed E-state index contributed by atoms with van der Waals surface area (Å²) in [4.78, 5) is 31.3. The topological polar surface area (TPSA) is 75.4 Å². The number of benzene rings is 2. The lowest BCUT2D eigenvalue weighted by Crippen LogP contribution is -2.43. The van der Waals surface area contributed by atoms with Crippen LogP contribution in [0.5, 0.6) is 0 Å². The molecule has 2 aromatic carbocycles. The van der Waals surface area contributed by atoms with E-state index in [2.05, 4.69) is 10.3 Å². The van der Waals surface area contributed by atoms with Crippen molar-refractivity contribution in [3.8, 4) is 11.5 Å². The predicted molar refractivity (Wildman–Crippen MR) is 99.4 cm³/mol. The van der Waals surface area contributed by atoms with Crippen molar-refractivity contribution in [2.45, 2.75) is 25.4 Å². The van der Waals surface area contributed by atoms with Crippen LogP contribution in [0.3, 0.4) is 0 Å². The minimum atomic E-state index is -1.04. The SMILES string of the molecule is CCC1(c2ccccc2)NC(=O)N(Cc2coc(-c3ccccc3)n2)C1=O. The Balaban J connectivity index is 1.59. The van der Waals surface area contributed by atoms with E-state index in [4.69, 9.17) is 4.42 Å². The van der Waals surface area contributed by atoms with E-state index in [-0.39, 0.29) is 12.5 Å². The summed E-state index contributed by atoms with van der Waals surface area (Å²) in [6, 6.07) is 18.4. The number of oxazole rings is 1. The van der Waals surface area contributed by atoms with Gasteiger partial charge in [0.15, 0.2) is 0 Å². The second-order valence-electron chi connectivity index (χ2n) is 6.46. The van der Waals surface area contributed by atoms with Gasteiger partial charge >= 0.3 is 6.03 Å². The Labute approximate surface area is 156 Å². The maximum Gasteiger partial charge on any atom is 0.325 e. The summed E-state index contributed by atoms with van der Waals surface area (Å²) in [5.74, 6) is 0.188. The molecule has 6 nitrogen and oxygen atoms in total. The summed E-state index contributed by atoms with van der Waals surface area (Å²) in [5.41, 5.74) is 1.11. The van der Waals surface area contributed by atoms with Crippen LogP contribution in [0.15, 0.2) is 71.3 Å². The first-order valence-corrected chi connectivity index (χ1v) is 8.83. The van der Waals surface area contributed by atoms with Crippen LogP contribution >= 0.6 is 0 Å². The molecule has 1 aliphatic heterocycles. The zero-order valence-corrected chi connectivity index (χ0v) is 14.9. The van der Waals surface area contributed by atoms with E-state index >= 15 is 0 Å². The van der Waals surface area contributed by atoms with E-state index in [1.165, 1.54) is 11.2 Å². The number of carbonyl (C=O) groups excluding carboxylic acids is 2. The summed E-state index contributed by atoms with van der Waals surface area (Å²) in [6.45, 7) is 1.95. The number of nitrogens with one attached hydrogen (secondary N) is 1. The highest BCUT2D eigenvalue weighted by Crippen LogP contribution is 2.33. The fourth-order valence-corrected chi connectivity index (χ4v) is 3.39. The summed E-state index contributed by atoms with van der Waals surface area (Å²) >= 11 is 0. The van der Waals surface area contributed by atoms with Gasteiger partial charge in [-0.1, -0.05) is 55.5 Å². The Bertz CT molecular complexity index is 969. The van der Waals surface area contributed by atoms with Gasteiger partial charge in [-0.15, -0.1) is 0 Å². The third kappa shape index (κ3) is 2.89. The van der Waals surface area contributed by atoms with E-state index in [1.807, 2.05) is 67.6 Å². The Morgan fingerprint density at radius 1 is 1.04 bits per heavy atom. The van der Waals surface area contributed by atoms with Crippen LogP contribution in [0.1, 0.15) is 24.6 Å². The number of hydrogen-bond acceptors (Lipinski definition) is 4. The summed E-state index contributed by atoms with van der Waals surface area (Å²) in [5, 5.41) is 2.87. The molecule has 0 spiro atoms. The molecular weight excluding hydrogens is 342 g/mol. The Morgan fingerprint density at radius 2 is 1.70 bits per heavy atom. The lowest BCUT2D eigenvalue weighted by Gasteiger charge is -2.25. The molecule has 0 saturated carbocycles. The molecule has 1 N–H and O–H groups in total. The normalized spacial score (nSPS) is 19.4. The summed E-state index contributed by atoms with van der Waals surface area (Å²) in [6.07, 6.45) is 1.95. The molecular formula is C21H19N3O3. The van der Waals surface area contributed by atoms with Crippen molar-refractivity contribution in [1.29, 1.82) is 0 Å². The van der Waals surface area contributed by atoms with Crippen molar-refractivity contribution >= 4 is 11.9 Å². The van der Waals surface area contributed by atoms with Gasteiger partial charge in [0.1, 0.15) is 11.8 Å². The Hall–Kier alpha value is -3.41. The van der Waals surface area contributed by atoms with Gasteiger partial charge < -0.3 is 9.73 Å². The van der Waals surface area contributed by atoms with Crippen LogP contribution < -0.4 is 5.32 Å². The van der Waals surface area contributed by atoms with Gasteiger partial charge in [-0.2, -0.15) is 0 Å². The maximum atomic E-state index is 13.1. The Kier molecular flexibility index (Phi) is 4.24. The molecule has 136 valence electrons. The molecule has 27 heavy (non-hydrogen) atoms. The zero-order valence-electron chi connectivity index (χ0n) is 14.9. The van der Waals surface area contributed by atoms with Crippen LogP contribution in [-0.4, -0.2) is 21.8 Å². The van der Waals surface area contributed by atoms with Crippen molar-refractivity contribution in [2.24, 2.45) is 0 Å². The molecule has 0 bridgehead atoms. The largest absolute Gasteiger partial charge is 0.444 e. The monoisotopic (exact) mass is 361 g/mol. The molecule has 1 fully saturated rings. The molecule has 2 heterocycles. The van der Waals surface area contributed by atoms with Crippen molar-refractivity contribution in [3.05, 3.63) is 78.2 Å². The number of carbonyl (C=O) groups is 2. The molecule has 3 amide bonds. The lowest BCUT2D eigenvalue weighted by molar-refractivity contribution is -0.132.